The van der Waals surface area contributed by atoms with Gasteiger partial charge in [0, 0.05) is 35.6 Å². The predicted molar refractivity (Wildman–Crippen MR) is 244 cm³/mol. The maximum absolute atomic E-state index is 12.7. The summed E-state index contributed by atoms with van der Waals surface area (Å²) < 4.78 is 48.1. The first-order valence-corrected chi connectivity index (χ1v) is 24.8. The number of piperidine rings is 2. The number of rotatable bonds is 8. The van der Waals surface area contributed by atoms with Crippen LogP contribution in [0.25, 0.3) is 22.1 Å². The number of fused-ring (bicyclic) bond motifs is 2. The van der Waals surface area contributed by atoms with Crippen LogP contribution in [0.2, 0.25) is 0 Å². The molecular formula is C43H56Cl3N7O4S2. The normalized spacial score (nSPS) is 15.2. The number of nitrogens with zero attached hydrogens (tertiary/aromatic N) is 4. The van der Waals surface area contributed by atoms with Gasteiger partial charge in [-0.1, -0.05) is 81.4 Å². The molecule has 3 N–H and O–H groups in total. The molecule has 2 fully saturated rings. The van der Waals surface area contributed by atoms with E-state index in [2.05, 4.69) is 63.1 Å². The first-order chi connectivity index (χ1) is 28.4. The van der Waals surface area contributed by atoms with Gasteiger partial charge in [-0.3, -0.25) is 0 Å². The van der Waals surface area contributed by atoms with Crippen LogP contribution in [0, 0.1) is 0 Å². The molecule has 2 aliphatic heterocycles. The summed E-state index contributed by atoms with van der Waals surface area (Å²) >= 11 is 9.53. The first-order valence-electron chi connectivity index (χ1n) is 19.9. The van der Waals surface area contributed by atoms with E-state index in [1.807, 2.05) is 42.5 Å². The summed E-state index contributed by atoms with van der Waals surface area (Å²) in [5.41, 5.74) is 4.25. The molecule has 320 valence electrons. The summed E-state index contributed by atoms with van der Waals surface area (Å²) in [6, 6.07) is 32.7. The average molecular weight is 905 g/mol. The maximum Gasteiger partial charge on any atom is 0.261 e. The Balaban J connectivity index is 0.000000188. The van der Waals surface area contributed by atoms with Crippen molar-refractivity contribution in [3.8, 4) is 0 Å². The third-order valence-corrected chi connectivity index (χ3v) is 13.4. The monoisotopic (exact) mass is 903 g/mol. The SMILES string of the molecule is CCN(CC)CC.ClCCl.O=S(=O)(Cl)c1ccccc1.O=S(=O)(c1ccccc1)N1CCC(c2nc3ccccc3[nH]2)CC1.c1ccc2[nH]c(C3CCNCC3)nc2c1. The Morgan fingerprint density at radius 1 is 0.610 bits per heavy atom. The highest BCUT2D eigenvalue weighted by molar-refractivity contribution is 8.13. The molecule has 2 aromatic heterocycles. The Labute approximate surface area is 364 Å². The molecule has 4 heterocycles. The van der Waals surface area contributed by atoms with Crippen molar-refractivity contribution in [1.29, 1.82) is 0 Å². The molecule has 4 aromatic carbocycles. The van der Waals surface area contributed by atoms with Gasteiger partial charge in [-0.2, -0.15) is 4.31 Å². The molecule has 0 bridgehead atoms. The number of imidazole rings is 2. The zero-order chi connectivity index (χ0) is 42.7. The number of hydrogen-bond donors (Lipinski definition) is 3. The van der Waals surface area contributed by atoms with Crippen LogP contribution in [0.15, 0.2) is 119 Å². The molecule has 8 rings (SSSR count). The third kappa shape index (κ3) is 14.9. The van der Waals surface area contributed by atoms with Crippen molar-refractivity contribution in [1.82, 2.24) is 34.5 Å². The fourth-order valence-corrected chi connectivity index (χ4v) is 9.07. The van der Waals surface area contributed by atoms with Crippen molar-refractivity contribution < 1.29 is 16.8 Å². The molecule has 0 radical (unpaired) electrons. The largest absolute Gasteiger partial charge is 0.342 e. The molecule has 0 unspecified atom stereocenters. The van der Waals surface area contributed by atoms with Gasteiger partial charge in [0.25, 0.3) is 9.05 Å². The Kier molecular flexibility index (Phi) is 20.1. The summed E-state index contributed by atoms with van der Waals surface area (Å²) in [7, 11) is -1.89. The van der Waals surface area contributed by atoms with Gasteiger partial charge in [-0.25, -0.2) is 26.8 Å². The van der Waals surface area contributed by atoms with Gasteiger partial charge < -0.3 is 20.2 Å². The van der Waals surface area contributed by atoms with Crippen LogP contribution < -0.4 is 5.32 Å². The van der Waals surface area contributed by atoms with Gasteiger partial charge in [0.2, 0.25) is 10.0 Å². The van der Waals surface area contributed by atoms with Crippen molar-refractivity contribution in [3.63, 3.8) is 0 Å². The predicted octanol–water partition coefficient (Wildman–Crippen LogP) is 9.54. The number of halogens is 3. The summed E-state index contributed by atoms with van der Waals surface area (Å²) in [6.07, 6.45) is 3.96. The fraction of sp³-hybridized carbons (Fsp3) is 0.395. The lowest BCUT2D eigenvalue weighted by Crippen LogP contribution is -2.38. The third-order valence-electron chi connectivity index (χ3n) is 10.1. The van der Waals surface area contributed by atoms with Gasteiger partial charge in [0.05, 0.1) is 37.2 Å². The summed E-state index contributed by atoms with van der Waals surface area (Å²) in [5, 5.41) is 3.57. The van der Waals surface area contributed by atoms with Crippen molar-refractivity contribution in [2.75, 3.05) is 51.2 Å². The number of nitrogens with one attached hydrogen (secondary N) is 3. The minimum absolute atomic E-state index is 0.136. The average Bonchev–Trinajstić information content (AvgIpc) is 3.92. The summed E-state index contributed by atoms with van der Waals surface area (Å²) in [5.74, 6) is 3.02. The minimum atomic E-state index is -3.53. The number of benzene rings is 4. The van der Waals surface area contributed by atoms with E-state index in [4.69, 9.17) is 33.9 Å². The van der Waals surface area contributed by atoms with Gasteiger partial charge in [0.15, 0.2) is 0 Å². The van der Waals surface area contributed by atoms with E-state index in [-0.39, 0.29) is 16.2 Å². The number of hydrogen-bond acceptors (Lipinski definition) is 8. The maximum atomic E-state index is 12.7. The molecule has 2 saturated heterocycles. The Morgan fingerprint density at radius 2 is 1.00 bits per heavy atom. The van der Waals surface area contributed by atoms with E-state index in [0.717, 1.165) is 59.6 Å². The van der Waals surface area contributed by atoms with E-state index in [1.54, 1.807) is 46.8 Å². The molecule has 59 heavy (non-hydrogen) atoms. The molecule has 0 amide bonds. The van der Waals surface area contributed by atoms with Crippen LogP contribution >= 0.6 is 33.9 Å². The van der Waals surface area contributed by atoms with Crippen LogP contribution in [0.1, 0.15) is 69.9 Å². The van der Waals surface area contributed by atoms with Crippen molar-refractivity contribution >= 4 is 75.0 Å². The first kappa shape index (κ1) is 48.1. The fourth-order valence-electron chi connectivity index (χ4n) is 6.79. The Bertz CT molecular complexity index is 2240. The van der Waals surface area contributed by atoms with Crippen molar-refractivity contribution in [2.24, 2.45) is 0 Å². The van der Waals surface area contributed by atoms with Crippen molar-refractivity contribution in [3.05, 3.63) is 121 Å². The number of sulfonamides is 1. The minimum Gasteiger partial charge on any atom is -0.342 e. The second kappa shape index (κ2) is 24.7. The topological polar surface area (TPSA) is 144 Å². The summed E-state index contributed by atoms with van der Waals surface area (Å²) in [6.45, 7) is 13.4. The lowest BCUT2D eigenvalue weighted by molar-refractivity contribution is 0.314. The van der Waals surface area contributed by atoms with E-state index >= 15 is 0 Å². The number of aromatic amines is 2. The van der Waals surface area contributed by atoms with Gasteiger partial charge >= 0.3 is 0 Å². The highest BCUT2D eigenvalue weighted by atomic mass is 35.7. The van der Waals surface area contributed by atoms with E-state index in [9.17, 15) is 16.8 Å². The smallest absolute Gasteiger partial charge is 0.261 e. The highest BCUT2D eigenvalue weighted by Gasteiger charge is 2.31. The molecule has 0 atom stereocenters. The van der Waals surface area contributed by atoms with Crippen molar-refractivity contribution in [2.45, 2.75) is 68.1 Å². The van der Waals surface area contributed by atoms with Gasteiger partial charge in [-0.15, -0.1) is 23.2 Å². The summed E-state index contributed by atoms with van der Waals surface area (Å²) in [4.78, 5) is 19.0. The van der Waals surface area contributed by atoms with E-state index < -0.39 is 19.1 Å². The van der Waals surface area contributed by atoms with E-state index in [1.165, 1.54) is 44.6 Å². The second-order valence-corrected chi connectivity index (χ2v) is 19.1. The standard InChI is InChI=1S/C18H19N3O2S.C12H15N3.C6H5ClO2S.C6H15N.CH2Cl2/c22-24(23,15-6-2-1-3-7-15)21-12-10-14(11-13-21)18-19-16-8-4-5-9-17(16)20-18;1-2-4-11-10(3-1)14-12(15-11)9-5-7-13-8-6-9;7-10(8,9)6-4-2-1-3-5-6;1-4-7(5-2)6-3;2-1-3/h1-9,14H,10-13H2,(H,19,20);1-4,9,13H,5-8H2,(H,14,15);1-5H;4-6H2,1-3H3;1H2. The molecule has 16 heteroatoms. The lowest BCUT2D eigenvalue weighted by Gasteiger charge is -2.30. The second-order valence-electron chi connectivity index (χ2n) is 13.8. The van der Waals surface area contributed by atoms with Crippen LogP contribution in [0.5, 0.6) is 0 Å². The molecule has 2 aliphatic rings. The highest BCUT2D eigenvalue weighted by Crippen LogP contribution is 2.30. The number of alkyl halides is 2. The van der Waals surface area contributed by atoms with Crippen LogP contribution in [0.3, 0.4) is 0 Å². The zero-order valence-electron chi connectivity index (χ0n) is 33.9. The molecule has 11 nitrogen and oxygen atoms in total. The van der Waals surface area contributed by atoms with Gasteiger partial charge in [-0.05, 0) is 107 Å². The molecule has 6 aromatic rings. The molecule has 0 spiro atoms. The lowest BCUT2D eigenvalue weighted by atomic mass is 9.97. The quantitative estimate of drug-likeness (QED) is 0.101. The molecular weight excluding hydrogens is 849 g/mol. The Morgan fingerprint density at radius 3 is 1.37 bits per heavy atom. The molecule has 0 saturated carbocycles. The Hall–Kier alpha value is -3.53. The van der Waals surface area contributed by atoms with Gasteiger partial charge in [0.1, 0.15) is 11.6 Å². The zero-order valence-corrected chi connectivity index (χ0v) is 37.8. The van der Waals surface area contributed by atoms with Crippen LogP contribution in [-0.2, 0) is 19.1 Å². The van der Waals surface area contributed by atoms with Crippen LogP contribution in [-0.4, -0.2) is 97.1 Å². The van der Waals surface area contributed by atoms with E-state index in [0.29, 0.717) is 23.9 Å². The number of aromatic nitrogens is 4. The number of para-hydroxylation sites is 4. The number of H-pyrrole nitrogens is 2. The van der Waals surface area contributed by atoms with Crippen LogP contribution in [0.4, 0.5) is 0 Å². The molecule has 0 aliphatic carbocycles.